The minimum Gasteiger partial charge on any atom is -0.493 e. The second-order valence-electron chi connectivity index (χ2n) is 7.90. The largest absolute Gasteiger partial charge is 0.493 e. The van der Waals surface area contributed by atoms with Gasteiger partial charge in [-0.3, -0.25) is 14.6 Å². The number of nitrogens with zero attached hydrogens (tertiary/aromatic N) is 2. The Kier molecular flexibility index (Phi) is 6.16. The van der Waals surface area contributed by atoms with E-state index in [0.29, 0.717) is 24.4 Å². The lowest BCUT2D eigenvalue weighted by Gasteiger charge is -2.19. The Morgan fingerprint density at radius 2 is 2.07 bits per heavy atom. The molecule has 0 spiro atoms. The van der Waals surface area contributed by atoms with Gasteiger partial charge < -0.3 is 19.7 Å². The van der Waals surface area contributed by atoms with Crippen LogP contribution in [0, 0.1) is 0 Å². The van der Waals surface area contributed by atoms with Gasteiger partial charge in [0.15, 0.2) is 11.5 Å². The number of benzene rings is 1. The lowest BCUT2D eigenvalue weighted by atomic mass is 9.98. The summed E-state index contributed by atoms with van der Waals surface area (Å²) in [6, 6.07) is 9.40. The van der Waals surface area contributed by atoms with Gasteiger partial charge in [-0.05, 0) is 55.5 Å². The first-order valence-corrected chi connectivity index (χ1v) is 10.4. The fourth-order valence-electron chi connectivity index (χ4n) is 4.18. The first kappa shape index (κ1) is 20.2. The number of carbonyl (C=O) groups is 2. The number of anilines is 1. The Morgan fingerprint density at radius 3 is 2.80 bits per heavy atom. The third kappa shape index (κ3) is 4.72. The van der Waals surface area contributed by atoms with E-state index < -0.39 is 0 Å². The van der Waals surface area contributed by atoms with Gasteiger partial charge in [0.2, 0.25) is 11.8 Å². The summed E-state index contributed by atoms with van der Waals surface area (Å²) in [7, 11) is 1.64. The van der Waals surface area contributed by atoms with E-state index in [2.05, 4.69) is 10.3 Å². The van der Waals surface area contributed by atoms with Gasteiger partial charge in [0.05, 0.1) is 31.6 Å². The fourth-order valence-corrected chi connectivity index (χ4v) is 4.18. The second kappa shape index (κ2) is 9.15. The number of hydrogen-bond acceptors (Lipinski definition) is 5. The maximum Gasteiger partial charge on any atom is 0.244 e. The first-order valence-electron chi connectivity index (χ1n) is 10.4. The fraction of sp³-hybridized carbons (Fsp3) is 0.435. The molecule has 1 saturated carbocycles. The summed E-state index contributed by atoms with van der Waals surface area (Å²) in [5, 5.41) is 2.78. The van der Waals surface area contributed by atoms with Crippen molar-refractivity contribution >= 4 is 17.5 Å². The molecule has 2 amide bonds. The zero-order valence-electron chi connectivity index (χ0n) is 17.2. The van der Waals surface area contributed by atoms with Crippen molar-refractivity contribution < 1.29 is 19.1 Å². The predicted molar refractivity (Wildman–Crippen MR) is 113 cm³/mol. The van der Waals surface area contributed by atoms with Gasteiger partial charge in [0, 0.05) is 25.1 Å². The second-order valence-corrected chi connectivity index (χ2v) is 7.90. The molecule has 2 fully saturated rings. The van der Waals surface area contributed by atoms with E-state index in [-0.39, 0.29) is 30.4 Å². The van der Waals surface area contributed by atoms with Crippen molar-refractivity contribution in [2.45, 2.75) is 44.1 Å². The zero-order chi connectivity index (χ0) is 20.9. The lowest BCUT2D eigenvalue weighted by molar-refractivity contribution is -0.131. The number of hydrogen-bond donors (Lipinski definition) is 1. The molecule has 0 radical (unpaired) electrons. The number of nitrogens with one attached hydrogen (secondary N) is 1. The molecular formula is C23H27N3O4. The number of methoxy groups -OCH3 is 1. The number of amides is 2. The molecule has 1 saturated heterocycles. The van der Waals surface area contributed by atoms with Gasteiger partial charge in [-0.15, -0.1) is 0 Å². The molecule has 1 unspecified atom stereocenters. The smallest absolute Gasteiger partial charge is 0.244 e. The van der Waals surface area contributed by atoms with E-state index in [1.54, 1.807) is 36.5 Å². The highest BCUT2D eigenvalue weighted by molar-refractivity contribution is 5.95. The van der Waals surface area contributed by atoms with Crippen LogP contribution in [0.1, 0.15) is 43.6 Å². The standard InChI is InChI=1S/C23H27N3O4/c1-29-20-9-8-16(11-21(20)30-19-6-2-3-7-19)17-12-23(28)26(14-17)15-22(27)25-18-5-4-10-24-13-18/h4-5,8-11,13,17,19H,2-3,6-7,12,14-15H2,1H3,(H,25,27). The zero-order valence-corrected chi connectivity index (χ0v) is 17.2. The van der Waals surface area contributed by atoms with Gasteiger partial charge in [0.1, 0.15) is 0 Å². The van der Waals surface area contributed by atoms with E-state index >= 15 is 0 Å². The normalized spacial score (nSPS) is 19.2. The third-order valence-electron chi connectivity index (χ3n) is 5.75. The summed E-state index contributed by atoms with van der Waals surface area (Å²) in [4.78, 5) is 30.4. The number of carbonyl (C=O) groups excluding carboxylic acids is 2. The number of pyridine rings is 1. The van der Waals surface area contributed by atoms with Crippen LogP contribution in [0.5, 0.6) is 11.5 Å². The van der Waals surface area contributed by atoms with E-state index in [9.17, 15) is 9.59 Å². The maximum atomic E-state index is 12.5. The highest BCUT2D eigenvalue weighted by atomic mass is 16.5. The Balaban J connectivity index is 1.41. The SMILES string of the molecule is COc1ccc(C2CC(=O)N(CC(=O)Nc3cccnc3)C2)cc1OC1CCCC1. The molecule has 1 atom stereocenters. The molecule has 2 aromatic rings. The van der Waals surface area contributed by atoms with E-state index in [0.717, 1.165) is 24.2 Å². The molecule has 1 aliphatic heterocycles. The van der Waals surface area contributed by atoms with Gasteiger partial charge in [-0.1, -0.05) is 6.07 Å². The van der Waals surface area contributed by atoms with Gasteiger partial charge in [0.25, 0.3) is 0 Å². The maximum absolute atomic E-state index is 12.5. The number of aromatic nitrogens is 1. The van der Waals surface area contributed by atoms with E-state index in [4.69, 9.17) is 9.47 Å². The van der Waals surface area contributed by atoms with Crippen LogP contribution < -0.4 is 14.8 Å². The molecule has 2 aliphatic rings. The Labute approximate surface area is 176 Å². The molecule has 1 aromatic carbocycles. The Hall–Kier alpha value is -3.09. The molecule has 4 rings (SSSR count). The number of likely N-dealkylation sites (tertiary alicyclic amines) is 1. The van der Waals surface area contributed by atoms with Crippen LogP contribution in [0.2, 0.25) is 0 Å². The van der Waals surface area contributed by atoms with Crippen LogP contribution in [0.15, 0.2) is 42.7 Å². The molecule has 1 aliphatic carbocycles. The van der Waals surface area contributed by atoms with Crippen molar-refractivity contribution in [3.63, 3.8) is 0 Å². The van der Waals surface area contributed by atoms with Crippen molar-refractivity contribution in [2.75, 3.05) is 25.5 Å². The highest BCUT2D eigenvalue weighted by Gasteiger charge is 2.32. The quantitative estimate of drug-likeness (QED) is 0.758. The summed E-state index contributed by atoms with van der Waals surface area (Å²) < 4.78 is 11.7. The Bertz CT molecular complexity index is 897. The van der Waals surface area contributed by atoms with Crippen LogP contribution in [-0.4, -0.2) is 48.0 Å². The lowest BCUT2D eigenvalue weighted by Crippen LogP contribution is -2.34. The molecule has 2 heterocycles. The van der Waals surface area contributed by atoms with Crippen LogP contribution >= 0.6 is 0 Å². The highest BCUT2D eigenvalue weighted by Crippen LogP contribution is 2.37. The van der Waals surface area contributed by atoms with Gasteiger partial charge in [-0.25, -0.2) is 0 Å². The summed E-state index contributed by atoms with van der Waals surface area (Å²) in [6.07, 6.45) is 8.35. The van der Waals surface area contributed by atoms with Crippen molar-refractivity contribution in [1.29, 1.82) is 0 Å². The molecule has 1 N–H and O–H groups in total. The number of ether oxygens (including phenoxy) is 2. The monoisotopic (exact) mass is 409 g/mol. The van der Waals surface area contributed by atoms with Crippen molar-refractivity contribution in [2.24, 2.45) is 0 Å². The summed E-state index contributed by atoms with van der Waals surface area (Å²) >= 11 is 0. The molecule has 7 nitrogen and oxygen atoms in total. The van der Waals surface area contributed by atoms with Gasteiger partial charge >= 0.3 is 0 Å². The van der Waals surface area contributed by atoms with Crippen molar-refractivity contribution in [1.82, 2.24) is 9.88 Å². The van der Waals surface area contributed by atoms with Crippen molar-refractivity contribution in [3.05, 3.63) is 48.3 Å². The molecule has 7 heteroatoms. The summed E-state index contributed by atoms with van der Waals surface area (Å²) in [5.41, 5.74) is 1.65. The molecule has 158 valence electrons. The first-order chi connectivity index (χ1) is 14.6. The third-order valence-corrected chi connectivity index (χ3v) is 5.75. The van der Waals surface area contributed by atoms with Crippen molar-refractivity contribution in [3.8, 4) is 11.5 Å². The summed E-state index contributed by atoms with van der Waals surface area (Å²) in [5.74, 6) is 1.23. The summed E-state index contributed by atoms with van der Waals surface area (Å²) in [6.45, 7) is 0.542. The predicted octanol–water partition coefficient (Wildman–Crippen LogP) is 3.37. The van der Waals surface area contributed by atoms with Crippen LogP contribution in [0.3, 0.4) is 0 Å². The topological polar surface area (TPSA) is 80.8 Å². The Morgan fingerprint density at radius 1 is 1.23 bits per heavy atom. The van der Waals surface area contributed by atoms with Gasteiger partial charge in [-0.2, -0.15) is 0 Å². The van der Waals surface area contributed by atoms with Crippen LogP contribution in [-0.2, 0) is 9.59 Å². The minimum atomic E-state index is -0.225. The molecule has 0 bridgehead atoms. The van der Waals surface area contributed by atoms with E-state index in [1.807, 2.05) is 18.2 Å². The average Bonchev–Trinajstić information content (AvgIpc) is 3.39. The molecular weight excluding hydrogens is 382 g/mol. The molecule has 1 aromatic heterocycles. The van der Waals surface area contributed by atoms with Crippen LogP contribution in [0.4, 0.5) is 5.69 Å². The van der Waals surface area contributed by atoms with Crippen LogP contribution in [0.25, 0.3) is 0 Å². The van der Waals surface area contributed by atoms with E-state index in [1.165, 1.54) is 12.8 Å². The average molecular weight is 409 g/mol. The number of rotatable bonds is 7. The molecule has 30 heavy (non-hydrogen) atoms. The minimum absolute atomic E-state index is 0.0181.